The Morgan fingerprint density at radius 1 is 1.70 bits per heavy atom. The Morgan fingerprint density at radius 2 is 2.20 bits per heavy atom. The highest BCUT2D eigenvalue weighted by molar-refractivity contribution is 5.80. The molecule has 0 heterocycles. The first-order valence-electron chi connectivity index (χ1n) is 3.60. The average Bonchev–Trinajstić information content (AvgIpc) is 1.88. The molecule has 3 N–H and O–H groups in total. The normalized spacial score (nSPS) is 16.3. The maximum Gasteiger partial charge on any atom is 0.234 e. The second-order valence-electron chi connectivity index (χ2n) is 2.55. The molecule has 0 aliphatic heterocycles. The molecule has 0 saturated carbocycles. The minimum atomic E-state index is -0.267. The summed E-state index contributed by atoms with van der Waals surface area (Å²) >= 11 is 0. The molecule has 0 aromatic heterocycles. The minimum Gasteiger partial charge on any atom is -0.368 e. The quantitative estimate of drug-likeness (QED) is 0.588. The van der Waals surface area contributed by atoms with Crippen LogP contribution >= 0.6 is 0 Å². The van der Waals surface area contributed by atoms with Crippen LogP contribution in [0.25, 0.3) is 0 Å². The lowest BCUT2D eigenvalue weighted by molar-refractivity contribution is -0.121. The third kappa shape index (κ3) is 2.35. The van der Waals surface area contributed by atoms with E-state index in [4.69, 9.17) is 5.73 Å². The SMILES string of the molecule is CCC(C)C(NC)C(N)=O. The van der Waals surface area contributed by atoms with Crippen LogP contribution in [-0.2, 0) is 4.79 Å². The summed E-state index contributed by atoms with van der Waals surface area (Å²) in [5.74, 6) is 0.0550. The summed E-state index contributed by atoms with van der Waals surface area (Å²) in [7, 11) is 1.75. The molecule has 0 spiro atoms. The molecule has 2 atom stereocenters. The number of carbonyl (C=O) groups is 1. The molecule has 0 rings (SSSR count). The second-order valence-corrected chi connectivity index (χ2v) is 2.55. The number of likely N-dealkylation sites (N-methyl/N-ethyl adjacent to an activating group) is 1. The highest BCUT2D eigenvalue weighted by Crippen LogP contribution is 2.05. The molecular formula is C7H16N2O. The summed E-state index contributed by atoms with van der Waals surface area (Å²) < 4.78 is 0. The van der Waals surface area contributed by atoms with Gasteiger partial charge in [0, 0.05) is 0 Å². The van der Waals surface area contributed by atoms with Crippen LogP contribution in [0.3, 0.4) is 0 Å². The van der Waals surface area contributed by atoms with E-state index in [1.165, 1.54) is 0 Å². The highest BCUT2D eigenvalue weighted by atomic mass is 16.1. The molecule has 0 aromatic rings. The summed E-state index contributed by atoms with van der Waals surface area (Å²) in [6.07, 6.45) is 0.967. The number of hydrogen-bond acceptors (Lipinski definition) is 2. The van der Waals surface area contributed by atoms with E-state index in [-0.39, 0.29) is 11.9 Å². The summed E-state index contributed by atoms with van der Waals surface area (Å²) in [5.41, 5.74) is 5.12. The molecule has 0 saturated heterocycles. The van der Waals surface area contributed by atoms with Crippen LogP contribution < -0.4 is 11.1 Å². The van der Waals surface area contributed by atoms with Gasteiger partial charge in [0.15, 0.2) is 0 Å². The predicted molar refractivity (Wildman–Crippen MR) is 41.5 cm³/mol. The second kappa shape index (κ2) is 4.28. The summed E-state index contributed by atoms with van der Waals surface area (Å²) in [6.45, 7) is 4.05. The molecule has 10 heavy (non-hydrogen) atoms. The molecule has 3 nitrogen and oxygen atoms in total. The lowest BCUT2D eigenvalue weighted by Crippen LogP contribution is -2.43. The van der Waals surface area contributed by atoms with Crippen molar-refractivity contribution in [3.8, 4) is 0 Å². The largest absolute Gasteiger partial charge is 0.368 e. The van der Waals surface area contributed by atoms with Crippen LogP contribution in [0.15, 0.2) is 0 Å². The summed E-state index contributed by atoms with van der Waals surface area (Å²) in [5, 5.41) is 2.88. The Labute approximate surface area is 62.0 Å². The van der Waals surface area contributed by atoms with Crippen molar-refractivity contribution in [2.45, 2.75) is 26.3 Å². The maximum atomic E-state index is 10.7. The fourth-order valence-electron chi connectivity index (χ4n) is 0.943. The van der Waals surface area contributed by atoms with Crippen LogP contribution in [0, 0.1) is 5.92 Å². The predicted octanol–water partition coefficient (Wildman–Crippen LogP) is 0.106. The van der Waals surface area contributed by atoms with Gasteiger partial charge in [-0.15, -0.1) is 0 Å². The number of amides is 1. The van der Waals surface area contributed by atoms with E-state index in [9.17, 15) is 4.79 Å². The van der Waals surface area contributed by atoms with E-state index in [1.54, 1.807) is 7.05 Å². The molecule has 0 fully saturated rings. The molecule has 3 heteroatoms. The van der Waals surface area contributed by atoms with Crippen molar-refractivity contribution in [3.63, 3.8) is 0 Å². The Balaban J connectivity index is 3.92. The molecule has 0 radical (unpaired) electrons. The Hall–Kier alpha value is -0.570. The van der Waals surface area contributed by atoms with Gasteiger partial charge in [0.2, 0.25) is 5.91 Å². The van der Waals surface area contributed by atoms with Crippen LogP contribution in [0.4, 0.5) is 0 Å². The van der Waals surface area contributed by atoms with E-state index in [1.807, 2.05) is 13.8 Å². The fourth-order valence-corrected chi connectivity index (χ4v) is 0.943. The Morgan fingerprint density at radius 3 is 2.30 bits per heavy atom. The fraction of sp³-hybridized carbons (Fsp3) is 0.857. The zero-order valence-corrected chi connectivity index (χ0v) is 6.85. The first kappa shape index (κ1) is 9.43. The third-order valence-electron chi connectivity index (χ3n) is 1.83. The lowest BCUT2D eigenvalue weighted by atomic mass is 9.99. The van der Waals surface area contributed by atoms with E-state index in [0.29, 0.717) is 5.92 Å². The van der Waals surface area contributed by atoms with Crippen molar-refractivity contribution in [3.05, 3.63) is 0 Å². The standard InChI is InChI=1S/C7H16N2O/c1-4-5(2)6(9-3)7(8)10/h5-6,9H,4H2,1-3H3,(H2,8,10). The number of nitrogens with two attached hydrogens (primary N) is 1. The topological polar surface area (TPSA) is 55.1 Å². The third-order valence-corrected chi connectivity index (χ3v) is 1.83. The van der Waals surface area contributed by atoms with Crippen LogP contribution in [0.1, 0.15) is 20.3 Å². The van der Waals surface area contributed by atoms with E-state index >= 15 is 0 Å². The molecule has 0 aliphatic rings. The van der Waals surface area contributed by atoms with Gasteiger partial charge in [0.1, 0.15) is 0 Å². The van der Waals surface area contributed by atoms with Gasteiger partial charge in [-0.1, -0.05) is 20.3 Å². The molecule has 2 unspecified atom stereocenters. The van der Waals surface area contributed by atoms with Gasteiger partial charge in [0.25, 0.3) is 0 Å². The number of primary amides is 1. The van der Waals surface area contributed by atoms with E-state index < -0.39 is 0 Å². The van der Waals surface area contributed by atoms with Gasteiger partial charge >= 0.3 is 0 Å². The summed E-state index contributed by atoms with van der Waals surface area (Å²) in [4.78, 5) is 10.7. The Bertz CT molecular complexity index is 114. The Kier molecular flexibility index (Phi) is 4.03. The van der Waals surface area contributed by atoms with Gasteiger partial charge in [-0.25, -0.2) is 0 Å². The van der Waals surface area contributed by atoms with Crippen molar-refractivity contribution in [1.82, 2.24) is 5.32 Å². The van der Waals surface area contributed by atoms with Crippen molar-refractivity contribution < 1.29 is 4.79 Å². The van der Waals surface area contributed by atoms with E-state index in [0.717, 1.165) is 6.42 Å². The molecule has 60 valence electrons. The van der Waals surface area contributed by atoms with Crippen molar-refractivity contribution in [2.24, 2.45) is 11.7 Å². The van der Waals surface area contributed by atoms with Crippen LogP contribution in [0.2, 0.25) is 0 Å². The molecule has 0 aromatic carbocycles. The minimum absolute atomic E-state index is 0.176. The van der Waals surface area contributed by atoms with Crippen LogP contribution in [0.5, 0.6) is 0 Å². The van der Waals surface area contributed by atoms with E-state index in [2.05, 4.69) is 5.32 Å². The highest BCUT2D eigenvalue weighted by Gasteiger charge is 2.18. The molecule has 0 aliphatic carbocycles. The number of nitrogens with one attached hydrogen (secondary N) is 1. The maximum absolute atomic E-state index is 10.7. The molecule has 0 bridgehead atoms. The van der Waals surface area contributed by atoms with Gasteiger partial charge in [-0.2, -0.15) is 0 Å². The lowest BCUT2D eigenvalue weighted by Gasteiger charge is -2.18. The van der Waals surface area contributed by atoms with Gasteiger partial charge < -0.3 is 11.1 Å². The smallest absolute Gasteiger partial charge is 0.234 e. The van der Waals surface area contributed by atoms with Gasteiger partial charge in [-0.3, -0.25) is 4.79 Å². The number of rotatable bonds is 4. The monoisotopic (exact) mass is 144 g/mol. The average molecular weight is 144 g/mol. The first-order chi connectivity index (χ1) is 4.63. The van der Waals surface area contributed by atoms with Crippen molar-refractivity contribution in [1.29, 1.82) is 0 Å². The van der Waals surface area contributed by atoms with Crippen molar-refractivity contribution in [2.75, 3.05) is 7.05 Å². The van der Waals surface area contributed by atoms with Crippen LogP contribution in [-0.4, -0.2) is 19.0 Å². The number of hydrogen-bond donors (Lipinski definition) is 2. The zero-order chi connectivity index (χ0) is 8.15. The zero-order valence-electron chi connectivity index (χ0n) is 6.85. The van der Waals surface area contributed by atoms with Crippen molar-refractivity contribution >= 4 is 5.91 Å². The van der Waals surface area contributed by atoms with Gasteiger partial charge in [-0.05, 0) is 13.0 Å². The molecule has 1 amide bonds. The summed E-state index contributed by atoms with van der Waals surface area (Å²) in [6, 6.07) is -0.176. The molecular weight excluding hydrogens is 128 g/mol. The number of carbonyl (C=O) groups excluding carboxylic acids is 1. The first-order valence-corrected chi connectivity index (χ1v) is 3.60. The van der Waals surface area contributed by atoms with Gasteiger partial charge in [0.05, 0.1) is 6.04 Å².